The van der Waals surface area contributed by atoms with Crippen molar-refractivity contribution in [3.05, 3.63) is 101 Å². The highest BCUT2D eigenvalue weighted by atomic mass is 35.5. The third-order valence-electron chi connectivity index (χ3n) is 8.52. The van der Waals surface area contributed by atoms with E-state index in [2.05, 4.69) is 44.5 Å². The number of carbonyl (C=O) groups excluding carboxylic acids is 3. The summed E-state index contributed by atoms with van der Waals surface area (Å²) in [6.07, 6.45) is -0.992. The second-order valence-electron chi connectivity index (χ2n) is 13.3. The Labute approximate surface area is 295 Å². The molecule has 2 aliphatic rings. The number of amides is 3. The van der Waals surface area contributed by atoms with Crippen molar-refractivity contribution in [2.45, 2.75) is 44.5 Å². The van der Waals surface area contributed by atoms with Gasteiger partial charge in [-0.3, -0.25) is 4.79 Å². The molecule has 1 aliphatic carbocycles. The second kappa shape index (κ2) is 14.4. The summed E-state index contributed by atoms with van der Waals surface area (Å²) in [6.45, 7) is 6.06. The van der Waals surface area contributed by atoms with Gasteiger partial charge in [-0.2, -0.15) is 0 Å². The average molecular weight is 699 g/mol. The summed E-state index contributed by atoms with van der Waals surface area (Å²) in [5.41, 5.74) is 5.39. The van der Waals surface area contributed by atoms with E-state index in [9.17, 15) is 14.4 Å². The van der Waals surface area contributed by atoms with E-state index in [4.69, 9.17) is 25.8 Å². The van der Waals surface area contributed by atoms with Gasteiger partial charge in [-0.05, 0) is 66.8 Å². The minimum absolute atomic E-state index is 0.0781. The number of nitrogens with one attached hydrogen (secondary N) is 1. The number of likely N-dealkylation sites (N-methyl/N-ethyl adjacent to an activating group) is 1. The van der Waals surface area contributed by atoms with Gasteiger partial charge >= 0.3 is 12.2 Å². The van der Waals surface area contributed by atoms with Crippen LogP contribution >= 0.6 is 11.6 Å². The number of aromatic nitrogens is 3. The van der Waals surface area contributed by atoms with Gasteiger partial charge in [0.25, 0.3) is 5.91 Å². The number of ether oxygens (including phenoxy) is 3. The maximum Gasteiger partial charge on any atom is 0.410 e. The van der Waals surface area contributed by atoms with Gasteiger partial charge < -0.3 is 29.3 Å². The Hall–Kier alpha value is -5.07. The zero-order valence-corrected chi connectivity index (χ0v) is 29.3. The predicted octanol–water partition coefficient (Wildman–Crippen LogP) is 6.11. The van der Waals surface area contributed by atoms with E-state index in [1.807, 2.05) is 24.3 Å². The number of carbonyl (C=O) groups is 3. The van der Waals surface area contributed by atoms with Gasteiger partial charge in [-0.15, -0.1) is 0 Å². The Balaban J connectivity index is 1.20. The Kier molecular flexibility index (Phi) is 10.0. The van der Waals surface area contributed by atoms with Gasteiger partial charge in [-0.25, -0.2) is 24.5 Å². The first kappa shape index (κ1) is 34.8. The lowest BCUT2D eigenvalue weighted by atomic mass is 9.98. The van der Waals surface area contributed by atoms with Crippen LogP contribution in [0.1, 0.15) is 60.0 Å². The summed E-state index contributed by atoms with van der Waals surface area (Å²) in [6, 6.07) is 21.2. The highest BCUT2D eigenvalue weighted by Gasteiger charge is 2.36. The van der Waals surface area contributed by atoms with Crippen molar-refractivity contribution in [1.29, 1.82) is 0 Å². The summed E-state index contributed by atoms with van der Waals surface area (Å²) >= 11 is 6.48. The fraction of sp³-hybridized carbons (Fsp3) is 0.351. The van der Waals surface area contributed by atoms with Gasteiger partial charge in [0.05, 0.1) is 37.1 Å². The molecule has 2 aromatic heterocycles. The van der Waals surface area contributed by atoms with Crippen LogP contribution in [0.2, 0.25) is 5.15 Å². The van der Waals surface area contributed by atoms with Crippen LogP contribution in [0.5, 0.6) is 0 Å². The fourth-order valence-corrected chi connectivity index (χ4v) is 6.48. The first-order valence-electron chi connectivity index (χ1n) is 16.3. The zero-order valence-electron chi connectivity index (χ0n) is 28.6. The highest BCUT2D eigenvalue weighted by Crippen LogP contribution is 2.44. The van der Waals surface area contributed by atoms with Crippen molar-refractivity contribution >= 4 is 29.7 Å². The molecule has 4 aromatic rings. The molecule has 3 amide bonds. The van der Waals surface area contributed by atoms with E-state index in [-0.39, 0.29) is 48.9 Å². The molecule has 50 heavy (non-hydrogen) atoms. The number of halogens is 1. The minimum Gasteiger partial charge on any atom is -0.448 e. The number of pyridine rings is 1. The summed E-state index contributed by atoms with van der Waals surface area (Å²) < 4.78 is 18.1. The summed E-state index contributed by atoms with van der Waals surface area (Å²) in [5.74, 6) is -0.450. The maximum atomic E-state index is 13.4. The van der Waals surface area contributed by atoms with Crippen molar-refractivity contribution in [2.24, 2.45) is 0 Å². The molecule has 6 rings (SSSR count). The lowest BCUT2D eigenvalue weighted by Gasteiger charge is -2.39. The molecule has 1 saturated heterocycles. The summed E-state index contributed by atoms with van der Waals surface area (Å²) in [4.78, 5) is 54.7. The molecule has 0 bridgehead atoms. The molecule has 2 atom stereocenters. The molecular formula is C37H39ClN6O6. The smallest absolute Gasteiger partial charge is 0.410 e. The highest BCUT2D eigenvalue weighted by molar-refractivity contribution is 6.29. The molecule has 0 saturated carbocycles. The van der Waals surface area contributed by atoms with Crippen LogP contribution in [-0.2, 0) is 14.2 Å². The number of nitrogens with zero attached hydrogens (tertiary/aromatic N) is 5. The molecule has 1 aliphatic heterocycles. The Morgan fingerprint density at radius 1 is 0.980 bits per heavy atom. The van der Waals surface area contributed by atoms with E-state index in [0.29, 0.717) is 17.0 Å². The molecule has 0 unspecified atom stereocenters. The van der Waals surface area contributed by atoms with E-state index in [0.717, 1.165) is 22.3 Å². The Morgan fingerprint density at radius 2 is 1.66 bits per heavy atom. The third-order valence-corrected chi connectivity index (χ3v) is 8.71. The molecule has 1 fully saturated rings. The maximum absolute atomic E-state index is 13.4. The molecule has 2 aromatic carbocycles. The summed E-state index contributed by atoms with van der Waals surface area (Å²) in [5, 5.41) is 2.71. The van der Waals surface area contributed by atoms with E-state index < -0.39 is 30.0 Å². The van der Waals surface area contributed by atoms with Crippen LogP contribution < -0.4 is 5.32 Å². The van der Waals surface area contributed by atoms with Gasteiger partial charge in [0.2, 0.25) is 0 Å². The second-order valence-corrected chi connectivity index (χ2v) is 13.7. The lowest BCUT2D eigenvalue weighted by Crippen LogP contribution is -2.52. The van der Waals surface area contributed by atoms with Crippen molar-refractivity contribution in [1.82, 2.24) is 30.1 Å². The summed E-state index contributed by atoms with van der Waals surface area (Å²) in [7, 11) is 3.16. The first-order valence-corrected chi connectivity index (χ1v) is 16.7. The molecule has 3 heterocycles. The average Bonchev–Trinajstić information content (AvgIpc) is 3.42. The zero-order chi connectivity index (χ0) is 35.6. The Morgan fingerprint density at radius 3 is 2.32 bits per heavy atom. The van der Waals surface area contributed by atoms with E-state index in [1.165, 1.54) is 24.3 Å². The third kappa shape index (κ3) is 7.71. The van der Waals surface area contributed by atoms with E-state index in [1.54, 1.807) is 44.9 Å². The first-order chi connectivity index (χ1) is 23.9. The van der Waals surface area contributed by atoms with Gasteiger partial charge in [0, 0.05) is 20.0 Å². The van der Waals surface area contributed by atoms with Gasteiger partial charge in [-0.1, -0.05) is 60.1 Å². The van der Waals surface area contributed by atoms with Crippen LogP contribution in [0.15, 0.2) is 73.1 Å². The Bertz CT molecular complexity index is 1870. The SMILES string of the molecule is CNC(=O)c1cc(-c2cc([C@@H]3CN(C(=O)OC(C)(C)C)C[C@H](CN(C)C(=O)OCC4c5ccccc5-c5ccccc54)O3)cc(Cl)n2)ncn1. The number of rotatable bonds is 7. The number of morpholine rings is 1. The number of hydrogen-bond donors (Lipinski definition) is 1. The topological polar surface area (TPSA) is 136 Å². The molecule has 260 valence electrons. The lowest BCUT2D eigenvalue weighted by molar-refractivity contribution is -0.0949. The molecule has 0 spiro atoms. The van der Waals surface area contributed by atoms with Crippen LogP contribution in [-0.4, -0.2) is 94.9 Å². The molecule has 13 heteroatoms. The van der Waals surface area contributed by atoms with E-state index >= 15 is 0 Å². The quantitative estimate of drug-likeness (QED) is 0.227. The van der Waals surface area contributed by atoms with Crippen LogP contribution in [0.4, 0.5) is 9.59 Å². The van der Waals surface area contributed by atoms with Crippen molar-refractivity contribution in [3.63, 3.8) is 0 Å². The van der Waals surface area contributed by atoms with Crippen LogP contribution in [0, 0.1) is 0 Å². The van der Waals surface area contributed by atoms with Gasteiger partial charge in [0.15, 0.2) is 0 Å². The minimum atomic E-state index is -0.721. The standard InChI is InChI=1S/C37H39ClN6O6/c1-37(2,3)50-36(47)44-18-23(17-43(5)35(46)48-20-28-26-12-8-6-10-24(26)25-11-7-9-13-27(25)28)49-32(19-44)22-14-30(42-33(38)15-22)29-16-31(34(45)39-4)41-21-40-29/h6-16,21,23,28,32H,17-20H2,1-5H3,(H,39,45)/t23-,32-/m0/s1. The van der Waals surface area contributed by atoms with Gasteiger partial charge in [0.1, 0.15) is 35.5 Å². The number of hydrogen-bond acceptors (Lipinski definition) is 9. The molecule has 12 nitrogen and oxygen atoms in total. The number of fused-ring (bicyclic) bond motifs is 3. The van der Waals surface area contributed by atoms with Crippen molar-refractivity contribution in [3.8, 4) is 22.5 Å². The monoisotopic (exact) mass is 698 g/mol. The van der Waals surface area contributed by atoms with Crippen LogP contribution in [0.25, 0.3) is 22.5 Å². The normalized spacial score (nSPS) is 17.0. The molecule has 0 radical (unpaired) electrons. The van der Waals surface area contributed by atoms with Crippen molar-refractivity contribution < 1.29 is 28.6 Å². The fourth-order valence-electron chi connectivity index (χ4n) is 6.27. The predicted molar refractivity (Wildman–Crippen MR) is 187 cm³/mol. The molecular weight excluding hydrogens is 660 g/mol. The largest absolute Gasteiger partial charge is 0.448 e. The number of benzene rings is 2. The molecule has 1 N–H and O–H groups in total. The van der Waals surface area contributed by atoms with Crippen LogP contribution in [0.3, 0.4) is 0 Å². The van der Waals surface area contributed by atoms with Crippen molar-refractivity contribution in [2.75, 3.05) is 40.3 Å².